The van der Waals surface area contributed by atoms with Gasteiger partial charge in [-0.25, -0.2) is 0 Å². The van der Waals surface area contributed by atoms with Crippen LogP contribution < -0.4 is 0 Å². The topological polar surface area (TPSA) is 23.5 Å². The Balaban J connectivity index is 2.28. The highest BCUT2D eigenvalue weighted by Gasteiger charge is 2.34. The minimum Gasteiger partial charge on any atom is -0.395 e. The smallest absolute Gasteiger partial charge is 0.0528 e. The standard InChI is InChI=1S/C13H18BrNO/c1-15-7-5-13(10-16,6-8-15)11-3-2-4-12(14)9-11/h2-4,9,16H,5-8,10H2,1H3. The summed E-state index contributed by atoms with van der Waals surface area (Å²) < 4.78 is 1.09. The van der Waals surface area contributed by atoms with Gasteiger partial charge in [0.1, 0.15) is 0 Å². The van der Waals surface area contributed by atoms with Crippen molar-refractivity contribution in [3.63, 3.8) is 0 Å². The van der Waals surface area contributed by atoms with Gasteiger partial charge in [-0.2, -0.15) is 0 Å². The lowest BCUT2D eigenvalue weighted by molar-refractivity contribution is 0.114. The van der Waals surface area contributed by atoms with E-state index >= 15 is 0 Å². The third kappa shape index (κ3) is 2.31. The summed E-state index contributed by atoms with van der Waals surface area (Å²) in [5.41, 5.74) is 1.23. The molecule has 88 valence electrons. The van der Waals surface area contributed by atoms with Gasteiger partial charge in [0.25, 0.3) is 0 Å². The molecule has 0 spiro atoms. The van der Waals surface area contributed by atoms with Gasteiger partial charge in [0.05, 0.1) is 6.61 Å². The molecule has 0 atom stereocenters. The van der Waals surface area contributed by atoms with Gasteiger partial charge in [-0.15, -0.1) is 0 Å². The van der Waals surface area contributed by atoms with E-state index < -0.39 is 0 Å². The fourth-order valence-corrected chi connectivity index (χ4v) is 2.80. The fraction of sp³-hybridized carbons (Fsp3) is 0.538. The molecule has 0 aromatic heterocycles. The molecule has 2 rings (SSSR count). The second-order valence-electron chi connectivity index (χ2n) is 4.75. The Hall–Kier alpha value is -0.380. The quantitative estimate of drug-likeness (QED) is 0.901. The van der Waals surface area contributed by atoms with Crippen molar-refractivity contribution in [2.45, 2.75) is 18.3 Å². The molecule has 0 saturated carbocycles. The summed E-state index contributed by atoms with van der Waals surface area (Å²) >= 11 is 3.50. The van der Waals surface area contributed by atoms with Gasteiger partial charge >= 0.3 is 0 Å². The molecule has 1 aliphatic heterocycles. The van der Waals surface area contributed by atoms with Gasteiger partial charge in [-0.05, 0) is 50.7 Å². The zero-order chi connectivity index (χ0) is 11.6. The van der Waals surface area contributed by atoms with Crippen molar-refractivity contribution < 1.29 is 5.11 Å². The molecular weight excluding hydrogens is 266 g/mol. The Kier molecular flexibility index (Phi) is 3.67. The Morgan fingerprint density at radius 1 is 1.38 bits per heavy atom. The van der Waals surface area contributed by atoms with Crippen LogP contribution in [0.4, 0.5) is 0 Å². The molecule has 0 aliphatic carbocycles. The van der Waals surface area contributed by atoms with Crippen molar-refractivity contribution in [1.82, 2.24) is 4.90 Å². The molecular formula is C13H18BrNO. The van der Waals surface area contributed by atoms with Crippen molar-refractivity contribution in [1.29, 1.82) is 0 Å². The van der Waals surface area contributed by atoms with Crippen LogP contribution in [0.2, 0.25) is 0 Å². The van der Waals surface area contributed by atoms with Crippen molar-refractivity contribution in [2.75, 3.05) is 26.7 Å². The van der Waals surface area contributed by atoms with Gasteiger partial charge in [0, 0.05) is 9.89 Å². The van der Waals surface area contributed by atoms with E-state index in [1.165, 1.54) is 5.56 Å². The first-order valence-electron chi connectivity index (χ1n) is 5.72. The summed E-state index contributed by atoms with van der Waals surface area (Å²) in [5.74, 6) is 0. The van der Waals surface area contributed by atoms with Crippen LogP contribution >= 0.6 is 15.9 Å². The van der Waals surface area contributed by atoms with Crippen LogP contribution in [0.5, 0.6) is 0 Å². The van der Waals surface area contributed by atoms with Crippen LogP contribution in [0.3, 0.4) is 0 Å². The number of aliphatic hydroxyl groups is 1. The zero-order valence-electron chi connectivity index (χ0n) is 9.62. The first kappa shape index (κ1) is 12.1. The lowest BCUT2D eigenvalue weighted by Crippen LogP contribution is -2.43. The summed E-state index contributed by atoms with van der Waals surface area (Å²) in [6.07, 6.45) is 2.08. The third-order valence-corrected chi connectivity index (χ3v) is 4.18. The van der Waals surface area contributed by atoms with Crippen molar-refractivity contribution >= 4 is 15.9 Å². The van der Waals surface area contributed by atoms with Crippen LogP contribution in [0.15, 0.2) is 28.7 Å². The molecule has 2 nitrogen and oxygen atoms in total. The van der Waals surface area contributed by atoms with Gasteiger partial charge in [0.2, 0.25) is 0 Å². The Morgan fingerprint density at radius 2 is 2.06 bits per heavy atom. The van der Waals surface area contributed by atoms with Crippen LogP contribution in [0, 0.1) is 0 Å². The van der Waals surface area contributed by atoms with Crippen LogP contribution in [0.25, 0.3) is 0 Å². The highest BCUT2D eigenvalue weighted by molar-refractivity contribution is 9.10. The molecule has 0 unspecified atom stereocenters. The van der Waals surface area contributed by atoms with E-state index in [1.54, 1.807) is 0 Å². The monoisotopic (exact) mass is 283 g/mol. The molecule has 1 saturated heterocycles. The number of aliphatic hydroxyl groups excluding tert-OH is 1. The van der Waals surface area contributed by atoms with E-state index in [0.29, 0.717) is 0 Å². The maximum atomic E-state index is 9.74. The second kappa shape index (κ2) is 4.86. The Morgan fingerprint density at radius 3 is 2.62 bits per heavy atom. The minimum absolute atomic E-state index is 0.0315. The van der Waals surface area contributed by atoms with Gasteiger partial charge in [-0.1, -0.05) is 28.1 Å². The number of halogens is 1. The normalized spacial score (nSPS) is 20.9. The lowest BCUT2D eigenvalue weighted by atomic mass is 9.73. The number of likely N-dealkylation sites (tertiary alicyclic amines) is 1. The predicted octanol–water partition coefficient (Wildman–Crippen LogP) is 2.40. The summed E-state index contributed by atoms with van der Waals surface area (Å²) in [4.78, 5) is 2.33. The first-order chi connectivity index (χ1) is 7.66. The summed E-state index contributed by atoms with van der Waals surface area (Å²) in [7, 11) is 2.14. The van der Waals surface area contributed by atoms with E-state index in [9.17, 15) is 5.11 Å². The summed E-state index contributed by atoms with van der Waals surface area (Å²) in [5, 5.41) is 9.74. The van der Waals surface area contributed by atoms with Crippen LogP contribution in [-0.4, -0.2) is 36.8 Å². The SMILES string of the molecule is CN1CCC(CO)(c2cccc(Br)c2)CC1. The molecule has 1 heterocycles. The molecule has 1 aliphatic rings. The Labute approximate surface area is 105 Å². The van der Waals surface area contributed by atoms with Crippen molar-refractivity contribution in [3.05, 3.63) is 34.3 Å². The number of benzene rings is 1. The maximum Gasteiger partial charge on any atom is 0.0528 e. The molecule has 1 N–H and O–H groups in total. The first-order valence-corrected chi connectivity index (χ1v) is 6.51. The Bertz CT molecular complexity index is 359. The average molecular weight is 284 g/mol. The fourth-order valence-electron chi connectivity index (χ4n) is 2.40. The molecule has 1 fully saturated rings. The molecule has 0 radical (unpaired) electrons. The van der Waals surface area contributed by atoms with E-state index in [4.69, 9.17) is 0 Å². The predicted molar refractivity (Wildman–Crippen MR) is 69.6 cm³/mol. The number of hydrogen-bond donors (Lipinski definition) is 1. The largest absolute Gasteiger partial charge is 0.395 e. The van der Waals surface area contributed by atoms with Gasteiger partial charge in [-0.3, -0.25) is 0 Å². The third-order valence-electron chi connectivity index (χ3n) is 3.68. The molecule has 0 bridgehead atoms. The molecule has 0 amide bonds. The molecule has 16 heavy (non-hydrogen) atoms. The number of rotatable bonds is 2. The van der Waals surface area contributed by atoms with Gasteiger partial charge in [0.15, 0.2) is 0 Å². The number of nitrogens with zero attached hydrogens (tertiary/aromatic N) is 1. The highest BCUT2D eigenvalue weighted by Crippen LogP contribution is 2.35. The van der Waals surface area contributed by atoms with E-state index in [-0.39, 0.29) is 12.0 Å². The lowest BCUT2D eigenvalue weighted by Gasteiger charge is -2.40. The van der Waals surface area contributed by atoms with Crippen molar-refractivity contribution in [3.8, 4) is 0 Å². The number of piperidine rings is 1. The maximum absolute atomic E-state index is 9.74. The highest BCUT2D eigenvalue weighted by atomic mass is 79.9. The van der Waals surface area contributed by atoms with E-state index in [0.717, 1.165) is 30.4 Å². The van der Waals surface area contributed by atoms with Gasteiger partial charge < -0.3 is 10.0 Å². The number of hydrogen-bond acceptors (Lipinski definition) is 2. The summed E-state index contributed by atoms with van der Waals surface area (Å²) in [6, 6.07) is 8.35. The van der Waals surface area contributed by atoms with Crippen LogP contribution in [-0.2, 0) is 5.41 Å². The molecule has 1 aromatic carbocycles. The minimum atomic E-state index is -0.0315. The summed E-state index contributed by atoms with van der Waals surface area (Å²) in [6.45, 7) is 2.37. The molecule has 3 heteroatoms. The second-order valence-corrected chi connectivity index (χ2v) is 5.67. The van der Waals surface area contributed by atoms with Crippen molar-refractivity contribution in [2.24, 2.45) is 0 Å². The van der Waals surface area contributed by atoms with Crippen LogP contribution in [0.1, 0.15) is 18.4 Å². The molecule has 1 aromatic rings. The zero-order valence-corrected chi connectivity index (χ0v) is 11.2. The average Bonchev–Trinajstić information content (AvgIpc) is 2.31. The van der Waals surface area contributed by atoms with E-state index in [1.807, 2.05) is 6.07 Å². The van der Waals surface area contributed by atoms with E-state index in [2.05, 4.69) is 46.1 Å².